The second-order valence-corrected chi connectivity index (χ2v) is 3.61. The molecule has 0 saturated heterocycles. The standard InChI is InChI=1S/C6H8ClN3O6/c8-5(1-4-2-9-3-10-4)6(11)15-16-7(12,13)14/h2-3,5H,1,8H2,(H,9,10). The number of carbonyl (C=O) groups excluding carboxylic acids is 1. The molecule has 0 fully saturated rings. The third-order valence-electron chi connectivity index (χ3n) is 1.49. The number of nitrogens with one attached hydrogen (secondary N) is 1. The number of imidazole rings is 1. The second kappa shape index (κ2) is 5.21. The minimum Gasteiger partial charge on any atom is -0.348 e. The van der Waals surface area contributed by atoms with Gasteiger partial charge in [-0.05, 0) is 0 Å². The summed E-state index contributed by atoms with van der Waals surface area (Å²) < 4.78 is 33.1. The van der Waals surface area contributed by atoms with Crippen LogP contribution in [0.5, 0.6) is 0 Å². The van der Waals surface area contributed by atoms with Gasteiger partial charge < -0.3 is 10.7 Å². The van der Waals surface area contributed by atoms with Crippen LogP contribution < -0.4 is 19.7 Å². The molecule has 9 nitrogen and oxygen atoms in total. The Hall–Kier alpha value is -1.23. The average molecular weight is 254 g/mol. The van der Waals surface area contributed by atoms with Crippen molar-refractivity contribution in [1.29, 1.82) is 0 Å². The molecule has 0 aliphatic rings. The van der Waals surface area contributed by atoms with E-state index >= 15 is 0 Å². The molecule has 1 rings (SSSR count). The first kappa shape index (κ1) is 12.8. The van der Waals surface area contributed by atoms with E-state index in [1.165, 1.54) is 12.5 Å². The third-order valence-corrected chi connectivity index (χ3v) is 1.71. The molecule has 3 N–H and O–H groups in total. The number of nitrogens with zero attached hydrogens (tertiary/aromatic N) is 1. The molecule has 0 amide bonds. The lowest BCUT2D eigenvalue weighted by Gasteiger charge is -2.10. The van der Waals surface area contributed by atoms with Gasteiger partial charge in [-0.2, -0.15) is 18.9 Å². The smallest absolute Gasteiger partial charge is 0.348 e. The third kappa shape index (κ3) is 4.53. The zero-order valence-corrected chi connectivity index (χ0v) is 8.55. The normalized spacial score (nSPS) is 13.5. The van der Waals surface area contributed by atoms with Crippen LogP contribution in [0.1, 0.15) is 5.69 Å². The van der Waals surface area contributed by atoms with Crippen LogP contribution >= 0.6 is 0 Å². The number of halogens is 1. The van der Waals surface area contributed by atoms with Crippen LogP contribution in [0.15, 0.2) is 12.5 Å². The number of hydrogen-bond acceptors (Lipinski definition) is 8. The maximum absolute atomic E-state index is 11.0. The maximum atomic E-state index is 11.0. The van der Waals surface area contributed by atoms with E-state index in [4.69, 9.17) is 5.73 Å². The predicted molar refractivity (Wildman–Crippen MR) is 37.4 cm³/mol. The summed E-state index contributed by atoms with van der Waals surface area (Å²) in [6.07, 6.45) is 2.85. The number of nitrogens with two attached hydrogens (primary N) is 1. The Bertz CT molecular complexity index is 337. The Morgan fingerprint density at radius 2 is 2.31 bits per heavy atom. The van der Waals surface area contributed by atoms with Crippen molar-refractivity contribution in [1.82, 2.24) is 9.97 Å². The summed E-state index contributed by atoms with van der Waals surface area (Å²) in [6.45, 7) is 0. The van der Waals surface area contributed by atoms with Gasteiger partial charge in [0.1, 0.15) is 16.3 Å². The lowest BCUT2D eigenvalue weighted by Crippen LogP contribution is -2.61. The van der Waals surface area contributed by atoms with Crippen molar-refractivity contribution in [2.24, 2.45) is 5.73 Å². The fraction of sp³-hybridized carbons (Fsp3) is 0.333. The molecule has 1 aromatic rings. The summed E-state index contributed by atoms with van der Waals surface area (Å²) in [5.41, 5.74) is 5.88. The Labute approximate surface area is 91.5 Å². The average Bonchev–Trinajstić information content (AvgIpc) is 2.65. The fourth-order valence-corrected chi connectivity index (χ4v) is 0.987. The molecule has 1 unspecified atom stereocenters. The zero-order chi connectivity index (χ0) is 12.2. The van der Waals surface area contributed by atoms with E-state index in [0.29, 0.717) is 5.69 Å². The minimum atomic E-state index is -4.82. The summed E-state index contributed by atoms with van der Waals surface area (Å²) in [6, 6.07) is -1.17. The van der Waals surface area contributed by atoms with Crippen molar-refractivity contribution in [2.75, 3.05) is 0 Å². The van der Waals surface area contributed by atoms with E-state index in [-0.39, 0.29) is 6.42 Å². The molecule has 0 aromatic carbocycles. The van der Waals surface area contributed by atoms with Crippen LogP contribution in [0.2, 0.25) is 0 Å². The molecular weight excluding hydrogens is 246 g/mol. The van der Waals surface area contributed by atoms with Gasteiger partial charge in [-0.1, -0.05) is 0 Å². The Kier molecular flexibility index (Phi) is 4.18. The summed E-state index contributed by atoms with van der Waals surface area (Å²) in [7, 11) is -4.82. The first-order chi connectivity index (χ1) is 7.38. The summed E-state index contributed by atoms with van der Waals surface area (Å²) >= 11 is 0. The molecule has 0 aliphatic heterocycles. The van der Waals surface area contributed by atoms with E-state index in [2.05, 4.69) is 19.3 Å². The van der Waals surface area contributed by atoms with Crippen molar-refractivity contribution >= 4 is 5.97 Å². The highest BCUT2D eigenvalue weighted by Crippen LogP contribution is 2.00. The van der Waals surface area contributed by atoms with E-state index in [1.807, 2.05) is 0 Å². The molecule has 1 aromatic heterocycles. The molecule has 0 spiro atoms. The summed E-state index contributed by atoms with van der Waals surface area (Å²) in [5.74, 6) is -1.18. The quantitative estimate of drug-likeness (QED) is 0.393. The molecule has 10 heteroatoms. The first-order valence-corrected chi connectivity index (χ1v) is 5.15. The van der Waals surface area contributed by atoms with Crippen LogP contribution in [-0.4, -0.2) is 22.0 Å². The van der Waals surface area contributed by atoms with Crippen molar-refractivity contribution < 1.29 is 38.3 Å². The van der Waals surface area contributed by atoms with Gasteiger partial charge in [0.05, 0.1) is 6.33 Å². The zero-order valence-electron chi connectivity index (χ0n) is 7.79. The van der Waals surface area contributed by atoms with Gasteiger partial charge in [-0.15, -0.1) is 0 Å². The highest BCUT2D eigenvalue weighted by Gasteiger charge is 2.27. The van der Waals surface area contributed by atoms with Crippen molar-refractivity contribution in [3.05, 3.63) is 18.2 Å². The molecule has 0 bridgehead atoms. The first-order valence-electron chi connectivity index (χ1n) is 3.92. The van der Waals surface area contributed by atoms with Gasteiger partial charge in [0, 0.05) is 18.3 Å². The topological polar surface area (TPSA) is 159 Å². The highest BCUT2D eigenvalue weighted by atomic mass is 35.7. The Morgan fingerprint density at radius 3 is 2.81 bits per heavy atom. The number of aromatic nitrogens is 2. The maximum Gasteiger partial charge on any atom is 0.375 e. The predicted octanol–water partition coefficient (Wildman–Crippen LogP) is -4.35. The van der Waals surface area contributed by atoms with E-state index in [0.717, 1.165) is 0 Å². The molecule has 1 atom stereocenters. The lowest BCUT2D eigenvalue weighted by molar-refractivity contribution is -1.93. The van der Waals surface area contributed by atoms with Gasteiger partial charge in [-0.25, -0.2) is 9.78 Å². The van der Waals surface area contributed by atoms with E-state index < -0.39 is 22.3 Å². The number of aromatic amines is 1. The van der Waals surface area contributed by atoms with Crippen LogP contribution in [-0.2, 0) is 20.5 Å². The Morgan fingerprint density at radius 1 is 1.62 bits per heavy atom. The van der Waals surface area contributed by atoms with Gasteiger partial charge in [0.15, 0.2) is 0 Å². The number of carbonyl (C=O) groups is 1. The molecule has 90 valence electrons. The van der Waals surface area contributed by atoms with Crippen LogP contribution in [0.25, 0.3) is 0 Å². The monoisotopic (exact) mass is 253 g/mol. The number of H-pyrrole nitrogens is 1. The molecule has 16 heavy (non-hydrogen) atoms. The molecule has 0 saturated carbocycles. The Balaban J connectivity index is 2.37. The molecule has 0 aliphatic carbocycles. The van der Waals surface area contributed by atoms with Crippen molar-refractivity contribution in [3.8, 4) is 0 Å². The van der Waals surface area contributed by atoms with Gasteiger partial charge in [0.2, 0.25) is 0 Å². The number of hydrogen-bond donors (Lipinski definition) is 2. The van der Waals surface area contributed by atoms with Crippen molar-refractivity contribution in [2.45, 2.75) is 12.5 Å². The van der Waals surface area contributed by atoms with E-state index in [1.54, 1.807) is 0 Å². The van der Waals surface area contributed by atoms with Gasteiger partial charge in [-0.3, -0.25) is 0 Å². The van der Waals surface area contributed by atoms with E-state index in [9.17, 15) is 18.8 Å². The van der Waals surface area contributed by atoms with Gasteiger partial charge in [0.25, 0.3) is 0 Å². The van der Waals surface area contributed by atoms with Crippen LogP contribution in [0.4, 0.5) is 0 Å². The van der Waals surface area contributed by atoms with Crippen molar-refractivity contribution in [3.63, 3.8) is 0 Å². The largest absolute Gasteiger partial charge is 0.375 e. The van der Waals surface area contributed by atoms with Gasteiger partial charge >= 0.3 is 10.4 Å². The minimum absolute atomic E-state index is 0.0397. The fourth-order valence-electron chi connectivity index (χ4n) is 0.848. The summed E-state index contributed by atoms with van der Waals surface area (Å²) in [4.78, 5) is 21.1. The lowest BCUT2D eigenvalue weighted by atomic mass is 10.2. The molecule has 1 heterocycles. The molecular formula is C6H8ClN3O6. The second-order valence-electron chi connectivity index (χ2n) is 2.73. The van der Waals surface area contributed by atoms with Crippen LogP contribution in [0, 0.1) is 10.2 Å². The highest BCUT2D eigenvalue weighted by molar-refractivity contribution is 5.75. The molecule has 0 radical (unpaired) electrons. The van der Waals surface area contributed by atoms with Crippen LogP contribution in [0.3, 0.4) is 0 Å². The summed E-state index contributed by atoms with van der Waals surface area (Å²) in [5, 5.41) is 0. The SMILES string of the molecule is NC(Cc1cnc[nH]1)C(=O)OO[Cl+3]([O-])([O-])[O-]. The number of rotatable bonds is 5.